The zero-order valence-electron chi connectivity index (χ0n) is 13.9. The van der Waals surface area contributed by atoms with Crippen LogP contribution in [0, 0.1) is 0 Å². The van der Waals surface area contributed by atoms with Crippen molar-refractivity contribution in [3.63, 3.8) is 0 Å². The maximum absolute atomic E-state index is 12.6. The van der Waals surface area contributed by atoms with Gasteiger partial charge in [0.25, 0.3) is 5.56 Å². The third kappa shape index (κ3) is 4.40. The first-order valence-corrected chi connectivity index (χ1v) is 8.45. The molecule has 0 aliphatic heterocycles. The summed E-state index contributed by atoms with van der Waals surface area (Å²) in [5.74, 6) is -0.713. The molecular formula is C17H12F3N3O3S. The van der Waals surface area contributed by atoms with Gasteiger partial charge in [-0.25, -0.2) is 14.5 Å². The number of alkyl halides is 3. The van der Waals surface area contributed by atoms with E-state index in [0.717, 1.165) is 16.8 Å². The number of aryl methyl sites for hydroxylation is 1. The number of halogens is 3. The molecule has 0 N–H and O–H groups in total. The van der Waals surface area contributed by atoms with Gasteiger partial charge in [-0.2, -0.15) is 18.3 Å². The zero-order chi connectivity index (χ0) is 19.6. The Balaban J connectivity index is 1.66. The van der Waals surface area contributed by atoms with Crippen LogP contribution in [0.2, 0.25) is 0 Å². The van der Waals surface area contributed by atoms with Gasteiger partial charge >= 0.3 is 12.1 Å². The molecular weight excluding hydrogens is 383 g/mol. The summed E-state index contributed by atoms with van der Waals surface area (Å²) < 4.78 is 43.9. The predicted molar refractivity (Wildman–Crippen MR) is 91.1 cm³/mol. The summed E-state index contributed by atoms with van der Waals surface area (Å²) in [4.78, 5) is 27.5. The molecule has 0 aliphatic rings. The Bertz CT molecular complexity index is 1030. The van der Waals surface area contributed by atoms with Gasteiger partial charge in [0, 0.05) is 24.1 Å². The quantitative estimate of drug-likeness (QED) is 0.634. The Kier molecular flexibility index (Phi) is 5.08. The average molecular weight is 395 g/mol. The van der Waals surface area contributed by atoms with Crippen molar-refractivity contribution in [2.45, 2.75) is 12.8 Å². The fourth-order valence-corrected chi connectivity index (χ4v) is 2.94. The van der Waals surface area contributed by atoms with E-state index in [-0.39, 0.29) is 17.9 Å². The Morgan fingerprint density at radius 1 is 1.19 bits per heavy atom. The molecule has 10 heteroatoms. The second-order valence-electron chi connectivity index (χ2n) is 5.48. The number of hydrogen-bond donors (Lipinski definition) is 0. The van der Waals surface area contributed by atoms with E-state index in [2.05, 4.69) is 10.1 Å². The van der Waals surface area contributed by atoms with Crippen LogP contribution >= 0.6 is 11.3 Å². The minimum Gasteiger partial charge on any atom is -0.454 e. The van der Waals surface area contributed by atoms with Crippen LogP contribution in [0.1, 0.15) is 21.7 Å². The molecule has 3 aromatic rings. The van der Waals surface area contributed by atoms with E-state index in [1.807, 2.05) is 0 Å². The molecule has 0 radical (unpaired) electrons. The Labute approximate surface area is 154 Å². The molecule has 0 atom stereocenters. The molecule has 140 valence electrons. The molecule has 2 heterocycles. The van der Waals surface area contributed by atoms with Gasteiger partial charge in [-0.15, -0.1) is 11.3 Å². The summed E-state index contributed by atoms with van der Waals surface area (Å²) in [6.45, 7) is -0.125. The topological polar surface area (TPSA) is 74.1 Å². The molecule has 27 heavy (non-hydrogen) atoms. The second kappa shape index (κ2) is 7.31. The van der Waals surface area contributed by atoms with Crippen LogP contribution < -0.4 is 5.56 Å². The summed E-state index contributed by atoms with van der Waals surface area (Å²) in [6.07, 6.45) is -4.39. The van der Waals surface area contributed by atoms with Gasteiger partial charge in [-0.3, -0.25) is 4.79 Å². The molecule has 0 unspecified atom stereocenters. The fourth-order valence-electron chi connectivity index (χ4n) is 2.13. The molecule has 0 spiro atoms. The van der Waals surface area contributed by atoms with Gasteiger partial charge < -0.3 is 4.74 Å². The standard InChI is InChI=1S/C17H12F3N3O3S/c1-23-14(24)7-6-13(22-23)16(25)26-8-12-9-27-15(21-12)10-2-4-11(5-3-10)17(18,19)20/h2-7,9H,8H2,1H3. The maximum atomic E-state index is 12.6. The first-order chi connectivity index (χ1) is 12.7. The van der Waals surface area contributed by atoms with E-state index >= 15 is 0 Å². The minimum absolute atomic E-state index is 0.0182. The molecule has 0 saturated heterocycles. The number of esters is 1. The Morgan fingerprint density at radius 2 is 1.89 bits per heavy atom. The van der Waals surface area contributed by atoms with Crippen molar-refractivity contribution in [2.24, 2.45) is 7.05 Å². The van der Waals surface area contributed by atoms with Crippen molar-refractivity contribution in [3.05, 3.63) is 69.1 Å². The number of nitrogens with zero attached hydrogens (tertiary/aromatic N) is 3. The highest BCUT2D eigenvalue weighted by Crippen LogP contribution is 2.31. The molecule has 2 aromatic heterocycles. The maximum Gasteiger partial charge on any atom is 0.416 e. The number of carbonyl (C=O) groups is 1. The fraction of sp³-hybridized carbons (Fsp3) is 0.176. The van der Waals surface area contributed by atoms with E-state index in [0.29, 0.717) is 16.3 Å². The summed E-state index contributed by atoms with van der Waals surface area (Å²) in [5.41, 5.74) is -0.123. The number of rotatable bonds is 4. The Hall–Kier alpha value is -3.01. The third-order valence-electron chi connectivity index (χ3n) is 3.53. The number of thiazole rings is 1. The lowest BCUT2D eigenvalue weighted by Gasteiger charge is -2.06. The predicted octanol–water partition coefficient (Wildman–Crippen LogP) is 3.28. The second-order valence-corrected chi connectivity index (χ2v) is 6.33. The minimum atomic E-state index is -4.39. The van der Waals surface area contributed by atoms with E-state index in [9.17, 15) is 22.8 Å². The zero-order valence-corrected chi connectivity index (χ0v) is 14.7. The van der Waals surface area contributed by atoms with Crippen LogP contribution in [-0.4, -0.2) is 20.7 Å². The van der Waals surface area contributed by atoms with Gasteiger partial charge in [0.1, 0.15) is 11.6 Å². The number of hydrogen-bond acceptors (Lipinski definition) is 6. The summed E-state index contributed by atoms with van der Waals surface area (Å²) >= 11 is 1.22. The number of carbonyl (C=O) groups excluding carboxylic acids is 1. The highest BCUT2D eigenvalue weighted by molar-refractivity contribution is 7.13. The van der Waals surface area contributed by atoms with E-state index in [1.165, 1.54) is 42.6 Å². The number of ether oxygens (including phenoxy) is 1. The van der Waals surface area contributed by atoms with E-state index in [1.54, 1.807) is 5.38 Å². The molecule has 3 rings (SSSR count). The average Bonchev–Trinajstić information content (AvgIpc) is 3.10. The van der Waals surface area contributed by atoms with Crippen molar-refractivity contribution >= 4 is 17.3 Å². The first kappa shape index (κ1) is 18.8. The highest BCUT2D eigenvalue weighted by atomic mass is 32.1. The van der Waals surface area contributed by atoms with Gasteiger partial charge in [0.2, 0.25) is 0 Å². The molecule has 0 amide bonds. The van der Waals surface area contributed by atoms with Crippen LogP contribution in [-0.2, 0) is 24.6 Å². The van der Waals surface area contributed by atoms with E-state index in [4.69, 9.17) is 4.74 Å². The molecule has 0 bridgehead atoms. The normalized spacial score (nSPS) is 11.4. The monoisotopic (exact) mass is 395 g/mol. The summed E-state index contributed by atoms with van der Waals surface area (Å²) in [5, 5.41) is 5.94. The lowest BCUT2D eigenvalue weighted by atomic mass is 10.1. The van der Waals surface area contributed by atoms with Gasteiger partial charge in [-0.05, 0) is 18.2 Å². The third-order valence-corrected chi connectivity index (χ3v) is 4.47. The molecule has 0 fully saturated rings. The van der Waals surface area contributed by atoms with Gasteiger partial charge in [0.05, 0.1) is 11.3 Å². The van der Waals surface area contributed by atoms with Crippen LogP contribution in [0.15, 0.2) is 46.6 Å². The lowest BCUT2D eigenvalue weighted by Crippen LogP contribution is -2.21. The number of aromatic nitrogens is 3. The molecule has 0 aliphatic carbocycles. The molecule has 0 saturated carbocycles. The smallest absolute Gasteiger partial charge is 0.416 e. The lowest BCUT2D eigenvalue weighted by molar-refractivity contribution is -0.137. The van der Waals surface area contributed by atoms with Crippen LogP contribution in [0.25, 0.3) is 10.6 Å². The van der Waals surface area contributed by atoms with Crippen LogP contribution in [0.3, 0.4) is 0 Å². The molecule has 6 nitrogen and oxygen atoms in total. The van der Waals surface area contributed by atoms with Gasteiger partial charge in [-0.1, -0.05) is 12.1 Å². The summed E-state index contributed by atoms with van der Waals surface area (Å²) in [7, 11) is 1.41. The largest absolute Gasteiger partial charge is 0.454 e. The van der Waals surface area contributed by atoms with Crippen molar-refractivity contribution < 1.29 is 22.7 Å². The van der Waals surface area contributed by atoms with Crippen molar-refractivity contribution in [2.75, 3.05) is 0 Å². The van der Waals surface area contributed by atoms with Gasteiger partial charge in [0.15, 0.2) is 5.69 Å². The first-order valence-electron chi connectivity index (χ1n) is 7.57. The number of benzene rings is 1. The molecule has 1 aromatic carbocycles. The Morgan fingerprint density at radius 3 is 2.52 bits per heavy atom. The van der Waals surface area contributed by atoms with Crippen molar-refractivity contribution in [1.82, 2.24) is 14.8 Å². The summed E-state index contributed by atoms with van der Waals surface area (Å²) in [6, 6.07) is 7.12. The van der Waals surface area contributed by atoms with Crippen molar-refractivity contribution in [3.8, 4) is 10.6 Å². The SMILES string of the molecule is Cn1nc(C(=O)OCc2csc(-c3ccc(C(F)(F)F)cc3)n2)ccc1=O. The van der Waals surface area contributed by atoms with E-state index < -0.39 is 17.7 Å². The van der Waals surface area contributed by atoms with Crippen LogP contribution in [0.4, 0.5) is 13.2 Å². The van der Waals surface area contributed by atoms with Crippen molar-refractivity contribution in [1.29, 1.82) is 0 Å². The highest BCUT2D eigenvalue weighted by Gasteiger charge is 2.30. The van der Waals surface area contributed by atoms with Crippen LogP contribution in [0.5, 0.6) is 0 Å².